The predicted octanol–water partition coefficient (Wildman–Crippen LogP) is 4.36. The highest BCUT2D eigenvalue weighted by Crippen LogP contribution is 2.33. The van der Waals surface area contributed by atoms with Crippen LogP contribution >= 0.6 is 23.2 Å². The molecule has 8 nitrogen and oxygen atoms in total. The first-order valence-corrected chi connectivity index (χ1v) is 13.1. The maximum atomic E-state index is 13.2. The molecule has 1 unspecified atom stereocenters. The lowest BCUT2D eigenvalue weighted by molar-refractivity contribution is 0.0999. The van der Waals surface area contributed by atoms with Crippen molar-refractivity contribution in [3.05, 3.63) is 52.0 Å². The Morgan fingerprint density at radius 2 is 1.74 bits per heavy atom. The fourth-order valence-corrected chi connectivity index (χ4v) is 6.94. The number of ether oxygens (including phenoxy) is 3. The first kappa shape index (κ1) is 24.9. The highest BCUT2D eigenvalue weighted by Gasteiger charge is 2.40. The minimum atomic E-state index is -3.78. The van der Waals surface area contributed by atoms with Crippen molar-refractivity contribution in [3.63, 3.8) is 0 Å². The van der Waals surface area contributed by atoms with Crippen molar-refractivity contribution in [2.24, 2.45) is 0 Å². The van der Waals surface area contributed by atoms with E-state index in [9.17, 15) is 13.2 Å². The van der Waals surface area contributed by atoms with E-state index in [-0.39, 0.29) is 35.7 Å². The molecule has 0 N–H and O–H groups in total. The molecule has 2 aromatic carbocycles. The Balaban J connectivity index is 1.33. The highest BCUT2D eigenvalue weighted by atomic mass is 35.5. The SMILES string of the molecule is COc1ccc(OCC2CN(C3CCN(S(=O)(=O)c4c(C)cc(Cl)cc4Cl)CC3)C(=O)O2)cc1. The number of sulfonamides is 1. The summed E-state index contributed by atoms with van der Waals surface area (Å²) in [5.41, 5.74) is 0.502. The van der Waals surface area contributed by atoms with Crippen LogP contribution in [0.3, 0.4) is 0 Å². The standard InChI is InChI=1S/C23H26Cl2N2O6S/c1-15-11-16(24)12-21(25)22(15)34(29,30)26-9-7-17(8-10-26)27-13-20(33-23(27)28)14-32-19-5-3-18(31-2)4-6-19/h3-6,11-12,17,20H,7-10,13-14H2,1-2H3. The molecule has 2 heterocycles. The van der Waals surface area contributed by atoms with Crippen LogP contribution < -0.4 is 9.47 Å². The topological polar surface area (TPSA) is 85.4 Å². The Morgan fingerprint density at radius 3 is 2.35 bits per heavy atom. The van der Waals surface area contributed by atoms with Gasteiger partial charge in [0.05, 0.1) is 18.7 Å². The largest absolute Gasteiger partial charge is 0.497 e. The van der Waals surface area contributed by atoms with Crippen molar-refractivity contribution in [2.45, 2.75) is 36.8 Å². The van der Waals surface area contributed by atoms with E-state index < -0.39 is 22.2 Å². The number of piperidine rings is 1. The summed E-state index contributed by atoms with van der Waals surface area (Å²) in [7, 11) is -2.18. The van der Waals surface area contributed by atoms with Crippen LogP contribution in [0.1, 0.15) is 18.4 Å². The smallest absolute Gasteiger partial charge is 0.410 e. The quantitative estimate of drug-likeness (QED) is 0.530. The zero-order chi connectivity index (χ0) is 24.5. The van der Waals surface area contributed by atoms with E-state index >= 15 is 0 Å². The number of nitrogens with zero attached hydrogens (tertiary/aromatic N) is 2. The number of carbonyl (C=O) groups excluding carboxylic acids is 1. The number of carbonyl (C=O) groups is 1. The third kappa shape index (κ3) is 5.22. The number of amides is 1. The predicted molar refractivity (Wildman–Crippen MR) is 128 cm³/mol. The van der Waals surface area contributed by atoms with Gasteiger partial charge in [0.25, 0.3) is 0 Å². The zero-order valence-electron chi connectivity index (χ0n) is 18.9. The number of rotatable bonds is 7. The van der Waals surface area contributed by atoms with Gasteiger partial charge in [0.1, 0.15) is 23.0 Å². The first-order chi connectivity index (χ1) is 16.2. The van der Waals surface area contributed by atoms with Crippen LogP contribution in [0.4, 0.5) is 4.79 Å². The Morgan fingerprint density at radius 1 is 1.09 bits per heavy atom. The average Bonchev–Trinajstić information content (AvgIpc) is 3.17. The number of benzene rings is 2. The number of hydrogen-bond donors (Lipinski definition) is 0. The molecule has 1 atom stereocenters. The average molecular weight is 529 g/mol. The molecular weight excluding hydrogens is 503 g/mol. The van der Waals surface area contributed by atoms with Gasteiger partial charge in [0.2, 0.25) is 10.0 Å². The van der Waals surface area contributed by atoms with Crippen LogP contribution in [0.25, 0.3) is 0 Å². The summed E-state index contributed by atoms with van der Waals surface area (Å²) in [6, 6.07) is 10.1. The molecule has 11 heteroatoms. The Hall–Kier alpha value is -2.20. The van der Waals surface area contributed by atoms with E-state index in [2.05, 4.69) is 0 Å². The Bertz CT molecular complexity index is 1130. The number of halogens is 2. The Kier molecular flexibility index (Phi) is 7.47. The van der Waals surface area contributed by atoms with E-state index in [1.807, 2.05) is 0 Å². The van der Waals surface area contributed by atoms with Crippen LogP contribution in [0.5, 0.6) is 11.5 Å². The van der Waals surface area contributed by atoms with Gasteiger partial charge in [0.15, 0.2) is 6.10 Å². The van der Waals surface area contributed by atoms with E-state index in [0.717, 1.165) is 5.75 Å². The lowest BCUT2D eigenvalue weighted by atomic mass is 10.1. The summed E-state index contributed by atoms with van der Waals surface area (Å²) in [5.74, 6) is 1.39. The van der Waals surface area contributed by atoms with Crippen LogP contribution in [0.2, 0.25) is 10.0 Å². The molecule has 184 valence electrons. The second-order valence-corrected chi connectivity index (χ2v) is 11.0. The summed E-state index contributed by atoms with van der Waals surface area (Å²) in [4.78, 5) is 14.2. The molecule has 4 rings (SSSR count). The van der Waals surface area contributed by atoms with Gasteiger partial charge < -0.3 is 19.1 Å². The van der Waals surface area contributed by atoms with E-state index in [0.29, 0.717) is 35.7 Å². The molecular formula is C23H26Cl2N2O6S. The fraction of sp³-hybridized carbons (Fsp3) is 0.435. The maximum Gasteiger partial charge on any atom is 0.410 e. The normalized spacial score (nSPS) is 19.8. The molecule has 0 radical (unpaired) electrons. The lowest BCUT2D eigenvalue weighted by Crippen LogP contribution is -2.47. The van der Waals surface area contributed by atoms with Crippen molar-refractivity contribution in [1.29, 1.82) is 0 Å². The van der Waals surface area contributed by atoms with Crippen molar-refractivity contribution in [2.75, 3.05) is 33.4 Å². The van der Waals surface area contributed by atoms with Gasteiger partial charge in [-0.25, -0.2) is 13.2 Å². The van der Waals surface area contributed by atoms with E-state index in [1.165, 1.54) is 10.4 Å². The maximum absolute atomic E-state index is 13.2. The van der Waals surface area contributed by atoms with Gasteiger partial charge in [-0.3, -0.25) is 0 Å². The Labute approximate surface area is 209 Å². The summed E-state index contributed by atoms with van der Waals surface area (Å²) >= 11 is 12.2. The van der Waals surface area contributed by atoms with Crippen molar-refractivity contribution in [1.82, 2.24) is 9.21 Å². The summed E-state index contributed by atoms with van der Waals surface area (Å²) in [6.45, 7) is 2.86. The molecule has 0 saturated carbocycles. The summed E-state index contributed by atoms with van der Waals surface area (Å²) in [5, 5.41) is 0.494. The summed E-state index contributed by atoms with van der Waals surface area (Å²) in [6.07, 6.45) is 0.211. The molecule has 0 aromatic heterocycles. The molecule has 2 aromatic rings. The molecule has 2 aliphatic heterocycles. The van der Waals surface area contributed by atoms with Crippen LogP contribution in [0, 0.1) is 6.92 Å². The molecule has 2 fully saturated rings. The van der Waals surface area contributed by atoms with E-state index in [4.69, 9.17) is 37.4 Å². The van der Waals surface area contributed by atoms with Gasteiger partial charge in [0, 0.05) is 24.2 Å². The van der Waals surface area contributed by atoms with Gasteiger partial charge in [-0.15, -0.1) is 0 Å². The minimum Gasteiger partial charge on any atom is -0.497 e. The monoisotopic (exact) mass is 528 g/mol. The lowest BCUT2D eigenvalue weighted by Gasteiger charge is -2.35. The molecule has 34 heavy (non-hydrogen) atoms. The molecule has 1 amide bonds. The summed E-state index contributed by atoms with van der Waals surface area (Å²) < 4.78 is 44.2. The van der Waals surface area contributed by atoms with Crippen LogP contribution in [-0.2, 0) is 14.8 Å². The molecule has 2 aliphatic rings. The number of cyclic esters (lactones) is 1. The van der Waals surface area contributed by atoms with Gasteiger partial charge in [-0.1, -0.05) is 23.2 Å². The van der Waals surface area contributed by atoms with Crippen LogP contribution in [0.15, 0.2) is 41.3 Å². The van der Waals surface area contributed by atoms with E-state index in [1.54, 1.807) is 49.3 Å². The van der Waals surface area contributed by atoms with Gasteiger partial charge >= 0.3 is 6.09 Å². The number of methoxy groups -OCH3 is 1. The van der Waals surface area contributed by atoms with Crippen molar-refractivity contribution >= 4 is 39.3 Å². The molecule has 2 saturated heterocycles. The first-order valence-electron chi connectivity index (χ1n) is 10.9. The fourth-order valence-electron chi connectivity index (χ4n) is 4.33. The van der Waals surface area contributed by atoms with Crippen LogP contribution in [-0.4, -0.2) is 69.2 Å². The van der Waals surface area contributed by atoms with Gasteiger partial charge in [-0.2, -0.15) is 4.31 Å². The molecule has 0 bridgehead atoms. The highest BCUT2D eigenvalue weighted by molar-refractivity contribution is 7.89. The third-order valence-corrected chi connectivity index (χ3v) is 8.78. The number of aryl methyl sites for hydroxylation is 1. The number of hydrogen-bond acceptors (Lipinski definition) is 6. The zero-order valence-corrected chi connectivity index (χ0v) is 21.2. The second-order valence-electron chi connectivity index (χ2n) is 8.31. The minimum absolute atomic E-state index is 0.0772. The van der Waals surface area contributed by atoms with Gasteiger partial charge in [-0.05, 0) is 61.7 Å². The molecule has 0 spiro atoms. The van der Waals surface area contributed by atoms with Crippen molar-refractivity contribution in [3.8, 4) is 11.5 Å². The second kappa shape index (κ2) is 10.2. The molecule has 0 aliphatic carbocycles. The van der Waals surface area contributed by atoms with Crippen molar-refractivity contribution < 1.29 is 27.4 Å². The third-order valence-electron chi connectivity index (χ3n) is 6.05.